The van der Waals surface area contributed by atoms with Crippen LogP contribution in [0.4, 0.5) is 14.9 Å². The number of nitrogens with two attached hydrogens (primary N) is 1. The third kappa shape index (κ3) is 2.42. The van der Waals surface area contributed by atoms with Crippen LogP contribution in [-0.2, 0) is 4.74 Å². The first kappa shape index (κ1) is 13.5. The van der Waals surface area contributed by atoms with E-state index in [-0.39, 0.29) is 12.1 Å². The van der Waals surface area contributed by atoms with Gasteiger partial charge in [0.25, 0.3) is 0 Å². The summed E-state index contributed by atoms with van der Waals surface area (Å²) in [5, 5.41) is 1.69. The van der Waals surface area contributed by atoms with Gasteiger partial charge in [-0.25, -0.2) is 9.78 Å². The Balaban J connectivity index is 1.66. The highest BCUT2D eigenvalue weighted by Gasteiger charge is 2.47. The molecule has 20 heavy (non-hydrogen) atoms. The molecule has 2 fully saturated rings. The van der Waals surface area contributed by atoms with Crippen LogP contribution in [0.3, 0.4) is 0 Å². The lowest BCUT2D eigenvalue weighted by atomic mass is 10.2. The molecule has 0 aromatic carbocycles. The van der Waals surface area contributed by atoms with Crippen molar-refractivity contribution in [2.45, 2.75) is 44.9 Å². The molecule has 0 radical (unpaired) electrons. The standard InChI is InChI=1S/C13H20N4O2S/c1-13(2,3)19-12(18)17-7-8-4-9(17)6-16(8)10-5-15-11(14)20-10/h5,8-9H,4,6-7H2,1-3H3,(H2,14,15)/t8-,9-/m0/s1. The number of piperazine rings is 1. The molecule has 0 aliphatic carbocycles. The summed E-state index contributed by atoms with van der Waals surface area (Å²) in [7, 11) is 0. The molecule has 1 amide bonds. The second kappa shape index (κ2) is 4.51. The third-order valence-corrected chi connectivity index (χ3v) is 4.53. The fourth-order valence-corrected chi connectivity index (χ4v) is 3.66. The number of ether oxygens (including phenoxy) is 1. The van der Waals surface area contributed by atoms with Crippen molar-refractivity contribution in [1.82, 2.24) is 9.88 Å². The van der Waals surface area contributed by atoms with E-state index < -0.39 is 5.60 Å². The molecular weight excluding hydrogens is 276 g/mol. The number of carbonyl (C=O) groups is 1. The van der Waals surface area contributed by atoms with Crippen molar-refractivity contribution in [2.75, 3.05) is 23.7 Å². The van der Waals surface area contributed by atoms with E-state index in [0.29, 0.717) is 11.2 Å². The van der Waals surface area contributed by atoms with Crippen molar-refractivity contribution in [1.29, 1.82) is 0 Å². The lowest BCUT2D eigenvalue weighted by Gasteiger charge is -2.35. The molecule has 3 rings (SSSR count). The average Bonchev–Trinajstić information content (AvgIpc) is 2.99. The van der Waals surface area contributed by atoms with Gasteiger partial charge in [0.2, 0.25) is 0 Å². The zero-order chi connectivity index (χ0) is 14.5. The molecule has 0 saturated carbocycles. The topological polar surface area (TPSA) is 71.7 Å². The minimum absolute atomic E-state index is 0.200. The van der Waals surface area contributed by atoms with Crippen LogP contribution >= 0.6 is 11.3 Å². The number of likely N-dealkylation sites (tertiary alicyclic amines) is 1. The monoisotopic (exact) mass is 296 g/mol. The third-order valence-electron chi connectivity index (χ3n) is 3.66. The average molecular weight is 296 g/mol. The van der Waals surface area contributed by atoms with E-state index in [1.54, 1.807) is 0 Å². The molecule has 6 nitrogen and oxygen atoms in total. The van der Waals surface area contributed by atoms with Gasteiger partial charge in [0.05, 0.1) is 12.2 Å². The summed E-state index contributed by atoms with van der Waals surface area (Å²) in [5.41, 5.74) is 5.25. The van der Waals surface area contributed by atoms with Crippen LogP contribution in [0, 0.1) is 0 Å². The molecule has 3 heterocycles. The Labute approximate surface area is 122 Å². The second-order valence-corrected chi connectivity index (χ2v) is 7.41. The van der Waals surface area contributed by atoms with E-state index in [0.717, 1.165) is 24.5 Å². The summed E-state index contributed by atoms with van der Waals surface area (Å²) in [6, 6.07) is 0.588. The van der Waals surface area contributed by atoms with Gasteiger partial charge in [0.1, 0.15) is 10.6 Å². The maximum atomic E-state index is 12.2. The number of rotatable bonds is 1. The Bertz CT molecular complexity index is 525. The number of nitrogen functional groups attached to an aromatic ring is 1. The van der Waals surface area contributed by atoms with E-state index in [1.807, 2.05) is 31.9 Å². The van der Waals surface area contributed by atoms with Crippen molar-refractivity contribution in [3.63, 3.8) is 0 Å². The van der Waals surface area contributed by atoms with E-state index >= 15 is 0 Å². The van der Waals surface area contributed by atoms with Crippen LogP contribution in [0.2, 0.25) is 0 Å². The first-order valence-electron chi connectivity index (χ1n) is 6.81. The van der Waals surface area contributed by atoms with Gasteiger partial charge < -0.3 is 20.3 Å². The summed E-state index contributed by atoms with van der Waals surface area (Å²) in [4.78, 5) is 20.4. The van der Waals surface area contributed by atoms with Crippen LogP contribution in [0.5, 0.6) is 0 Å². The van der Waals surface area contributed by atoms with Crippen LogP contribution < -0.4 is 10.6 Å². The highest BCUT2D eigenvalue weighted by molar-refractivity contribution is 7.19. The van der Waals surface area contributed by atoms with Gasteiger partial charge >= 0.3 is 6.09 Å². The van der Waals surface area contributed by atoms with Crippen molar-refractivity contribution < 1.29 is 9.53 Å². The SMILES string of the molecule is CC(C)(C)OC(=O)N1C[C@@H]2C[C@H]1CN2c1cnc(N)s1. The van der Waals surface area contributed by atoms with Crippen molar-refractivity contribution in [2.24, 2.45) is 0 Å². The summed E-state index contributed by atoms with van der Waals surface area (Å²) in [6.45, 7) is 7.24. The molecule has 110 valence electrons. The fourth-order valence-electron chi connectivity index (χ4n) is 2.89. The summed E-state index contributed by atoms with van der Waals surface area (Å²) >= 11 is 1.50. The first-order chi connectivity index (χ1) is 9.33. The molecule has 0 unspecified atom stereocenters. The number of hydrogen-bond donors (Lipinski definition) is 1. The van der Waals surface area contributed by atoms with Crippen molar-refractivity contribution >= 4 is 27.6 Å². The van der Waals surface area contributed by atoms with Gasteiger partial charge in [-0.2, -0.15) is 0 Å². The maximum absolute atomic E-state index is 12.2. The molecule has 2 saturated heterocycles. The minimum Gasteiger partial charge on any atom is -0.444 e. The number of hydrogen-bond acceptors (Lipinski definition) is 6. The molecule has 1 aromatic heterocycles. The molecule has 2 bridgehead atoms. The minimum atomic E-state index is -0.440. The van der Waals surface area contributed by atoms with E-state index in [2.05, 4.69) is 9.88 Å². The molecule has 2 aliphatic heterocycles. The van der Waals surface area contributed by atoms with Gasteiger partial charge in [-0.3, -0.25) is 0 Å². The van der Waals surface area contributed by atoms with Crippen LogP contribution in [0.25, 0.3) is 0 Å². The lowest BCUT2D eigenvalue weighted by Crippen LogP contribution is -2.50. The molecule has 2 atom stereocenters. The Morgan fingerprint density at radius 1 is 1.45 bits per heavy atom. The number of amides is 1. The first-order valence-corrected chi connectivity index (χ1v) is 7.63. The molecule has 2 N–H and O–H groups in total. The van der Waals surface area contributed by atoms with Crippen molar-refractivity contribution in [3.05, 3.63) is 6.20 Å². The number of anilines is 2. The summed E-state index contributed by atoms with van der Waals surface area (Å²) in [5.74, 6) is 0. The van der Waals surface area contributed by atoms with Gasteiger partial charge in [0, 0.05) is 19.1 Å². The zero-order valence-electron chi connectivity index (χ0n) is 12.0. The highest BCUT2D eigenvalue weighted by atomic mass is 32.1. The van der Waals surface area contributed by atoms with Gasteiger partial charge in [-0.05, 0) is 27.2 Å². The molecule has 7 heteroatoms. The number of nitrogens with zero attached hydrogens (tertiary/aromatic N) is 3. The Kier molecular flexibility index (Phi) is 3.04. The van der Waals surface area contributed by atoms with Gasteiger partial charge in [-0.1, -0.05) is 11.3 Å². The van der Waals surface area contributed by atoms with Crippen LogP contribution in [-0.4, -0.2) is 46.8 Å². The van der Waals surface area contributed by atoms with Gasteiger partial charge in [-0.15, -0.1) is 0 Å². The predicted octanol–water partition coefficient (Wildman–Crippen LogP) is 1.92. The second-order valence-electron chi connectivity index (χ2n) is 6.37. The molecule has 2 aliphatic rings. The largest absolute Gasteiger partial charge is 0.444 e. The normalized spacial score (nSPS) is 25.4. The Morgan fingerprint density at radius 3 is 2.70 bits per heavy atom. The van der Waals surface area contributed by atoms with E-state index in [4.69, 9.17) is 10.5 Å². The number of carbonyl (C=O) groups excluding carboxylic acids is 1. The van der Waals surface area contributed by atoms with Gasteiger partial charge in [0.15, 0.2) is 5.13 Å². The van der Waals surface area contributed by atoms with E-state index in [9.17, 15) is 4.79 Å². The van der Waals surface area contributed by atoms with Crippen molar-refractivity contribution in [3.8, 4) is 0 Å². The Morgan fingerprint density at radius 2 is 2.20 bits per heavy atom. The number of aromatic nitrogens is 1. The predicted molar refractivity (Wildman–Crippen MR) is 79.0 cm³/mol. The smallest absolute Gasteiger partial charge is 0.410 e. The fraction of sp³-hybridized carbons (Fsp3) is 0.692. The number of fused-ring (bicyclic) bond motifs is 2. The molecule has 0 spiro atoms. The molecule has 1 aromatic rings. The quantitative estimate of drug-likeness (QED) is 0.857. The Hall–Kier alpha value is -1.50. The highest BCUT2D eigenvalue weighted by Crippen LogP contribution is 2.38. The lowest BCUT2D eigenvalue weighted by molar-refractivity contribution is 0.0215. The zero-order valence-corrected chi connectivity index (χ0v) is 12.8. The number of thiazole rings is 1. The maximum Gasteiger partial charge on any atom is 0.410 e. The summed E-state index contributed by atoms with van der Waals surface area (Å²) < 4.78 is 5.46. The van der Waals surface area contributed by atoms with E-state index in [1.165, 1.54) is 11.3 Å². The molecular formula is C13H20N4O2S. The van der Waals surface area contributed by atoms with Crippen LogP contribution in [0.15, 0.2) is 6.20 Å². The van der Waals surface area contributed by atoms with Crippen LogP contribution in [0.1, 0.15) is 27.2 Å². The summed E-state index contributed by atoms with van der Waals surface area (Å²) in [6.07, 6.45) is 2.61.